The van der Waals surface area contributed by atoms with Gasteiger partial charge in [0.1, 0.15) is 6.10 Å². The minimum absolute atomic E-state index is 0.0215. The molecular weight excluding hydrogens is 781 g/mol. The van der Waals surface area contributed by atoms with E-state index in [-0.39, 0.29) is 5.78 Å². The molecule has 59 heavy (non-hydrogen) atoms. The Hall–Kier alpha value is -6.21. The van der Waals surface area contributed by atoms with Gasteiger partial charge in [0, 0.05) is 92.1 Å². The highest BCUT2D eigenvalue weighted by atomic mass is 32.1. The van der Waals surface area contributed by atoms with Crippen molar-refractivity contribution >= 4 is 95.4 Å². The van der Waals surface area contributed by atoms with Crippen molar-refractivity contribution in [2.75, 3.05) is 0 Å². The van der Waals surface area contributed by atoms with Crippen LogP contribution in [0.3, 0.4) is 0 Å². The van der Waals surface area contributed by atoms with Crippen molar-refractivity contribution in [3.8, 4) is 0 Å². The Balaban J connectivity index is 1.12. The predicted molar refractivity (Wildman–Crippen MR) is 237 cm³/mol. The maximum atomic E-state index is 13.4. The van der Waals surface area contributed by atoms with Gasteiger partial charge < -0.3 is 23.9 Å². The number of carbonyl (C=O) groups is 3. The quantitative estimate of drug-likeness (QED) is 0.0504. The van der Waals surface area contributed by atoms with Gasteiger partial charge in [0.15, 0.2) is 0 Å². The number of hydrogen-bond donors (Lipinski definition) is 1. The van der Waals surface area contributed by atoms with Crippen LogP contribution in [-0.4, -0.2) is 43.4 Å². The lowest BCUT2D eigenvalue weighted by atomic mass is 9.98. The first-order valence-corrected chi connectivity index (χ1v) is 21.3. The van der Waals surface area contributed by atoms with Gasteiger partial charge in [-0.2, -0.15) is 0 Å². The fraction of sp³-hybridized carbons (Fsp3) is 0.213. The Labute approximate surface area is 348 Å². The number of ketones is 1. The molecule has 1 unspecified atom stereocenters. The van der Waals surface area contributed by atoms with Crippen LogP contribution in [0.25, 0.3) is 43.6 Å². The number of nitrogens with zero attached hydrogens (tertiary/aromatic N) is 4. The molecule has 12 heteroatoms. The molecule has 1 N–H and O–H groups in total. The van der Waals surface area contributed by atoms with Gasteiger partial charge in [-0.25, -0.2) is 9.59 Å². The van der Waals surface area contributed by atoms with E-state index < -0.39 is 18.0 Å². The maximum Gasteiger partial charge on any atom is 0.331 e. The zero-order chi connectivity index (χ0) is 41.2. The first-order valence-electron chi connectivity index (χ1n) is 19.6. The summed E-state index contributed by atoms with van der Waals surface area (Å²) in [5.74, 6) is -1.09. The summed E-state index contributed by atoms with van der Waals surface area (Å²) in [6.45, 7) is 8.31. The van der Waals surface area contributed by atoms with Gasteiger partial charge in [0.05, 0.1) is 16.3 Å². The van der Waals surface area contributed by atoms with Crippen molar-refractivity contribution in [2.24, 2.45) is 10.3 Å². The topological polar surface area (TPSA) is 124 Å². The van der Waals surface area contributed by atoms with Crippen molar-refractivity contribution in [1.29, 1.82) is 0 Å². The zero-order valence-corrected chi connectivity index (χ0v) is 34.7. The Morgan fingerprint density at radius 1 is 0.627 bits per heavy atom. The fourth-order valence-electron chi connectivity index (χ4n) is 7.89. The summed E-state index contributed by atoms with van der Waals surface area (Å²) in [5, 5.41) is 27.6. The molecule has 1 atom stereocenters. The summed E-state index contributed by atoms with van der Waals surface area (Å²) < 4.78 is 4.46. The van der Waals surface area contributed by atoms with Gasteiger partial charge in [-0.15, -0.1) is 22.7 Å². The highest BCUT2D eigenvalue weighted by Gasteiger charge is 2.20. The second-order valence-corrected chi connectivity index (χ2v) is 16.2. The molecule has 4 heterocycles. The van der Waals surface area contributed by atoms with Crippen LogP contribution in [0.4, 0.5) is 0 Å². The maximum absolute atomic E-state index is 13.4. The standard InChI is InChI=1S/C47H42N4O6S2/c1-5-50-40-18-14-30(24-34(40)36-26-32(16-20-42(36)50)46(54)44-12-8-22-58-44)38(48-56-28(3)52)10-7-11-39(49-57-29(4)53)31-15-19-41-35(25-31)37-27-33(17-21-43(37)51(41)6-2)47(55)45-13-9-23-59-45/h8-9,12-27,46,54H,5-7,10-11H2,1-4H3/b48-38+,49-39+. The number of aliphatic hydroxyl groups is 1. The lowest BCUT2D eigenvalue weighted by molar-refractivity contribution is -0.141. The molecule has 0 amide bonds. The van der Waals surface area contributed by atoms with Gasteiger partial charge >= 0.3 is 11.9 Å². The monoisotopic (exact) mass is 822 g/mol. The number of benzene rings is 4. The minimum atomic E-state index is -0.740. The summed E-state index contributed by atoms with van der Waals surface area (Å²) in [5.41, 5.74) is 8.25. The molecule has 0 aliphatic rings. The number of carbonyl (C=O) groups excluding carboxylic acids is 3. The van der Waals surface area contributed by atoms with E-state index >= 15 is 0 Å². The van der Waals surface area contributed by atoms with Crippen LogP contribution < -0.4 is 0 Å². The van der Waals surface area contributed by atoms with E-state index in [4.69, 9.17) is 9.68 Å². The first-order chi connectivity index (χ1) is 28.6. The largest absolute Gasteiger partial charge is 0.383 e. The molecule has 0 aliphatic carbocycles. The average molecular weight is 823 g/mol. The number of rotatable bonds is 14. The molecule has 8 aromatic rings. The molecule has 4 aromatic carbocycles. The highest BCUT2D eigenvalue weighted by Crippen LogP contribution is 2.36. The highest BCUT2D eigenvalue weighted by molar-refractivity contribution is 7.12. The van der Waals surface area contributed by atoms with E-state index in [1.165, 1.54) is 36.5 Å². The molecule has 0 saturated carbocycles. The molecule has 0 aliphatic heterocycles. The normalized spacial score (nSPS) is 12.8. The molecule has 10 nitrogen and oxygen atoms in total. The minimum Gasteiger partial charge on any atom is -0.383 e. The molecule has 0 bridgehead atoms. The lowest BCUT2D eigenvalue weighted by Crippen LogP contribution is -2.08. The zero-order valence-electron chi connectivity index (χ0n) is 33.1. The van der Waals surface area contributed by atoms with Gasteiger partial charge in [0.2, 0.25) is 5.78 Å². The van der Waals surface area contributed by atoms with E-state index in [0.717, 1.165) is 78.3 Å². The Kier molecular flexibility index (Phi) is 11.4. The number of aryl methyl sites for hydroxylation is 2. The van der Waals surface area contributed by atoms with E-state index in [1.54, 1.807) is 0 Å². The van der Waals surface area contributed by atoms with Gasteiger partial charge in [-0.1, -0.05) is 40.6 Å². The second kappa shape index (κ2) is 16.9. The summed E-state index contributed by atoms with van der Waals surface area (Å²) >= 11 is 2.94. The van der Waals surface area contributed by atoms with E-state index in [1.807, 2.05) is 83.6 Å². The van der Waals surface area contributed by atoms with Crippen molar-refractivity contribution in [3.05, 3.63) is 140 Å². The van der Waals surface area contributed by atoms with Crippen LogP contribution in [0.15, 0.2) is 118 Å². The molecule has 0 fully saturated rings. The smallest absolute Gasteiger partial charge is 0.331 e. The van der Waals surface area contributed by atoms with E-state index in [0.29, 0.717) is 41.1 Å². The summed E-state index contributed by atoms with van der Waals surface area (Å²) in [6.07, 6.45) is 0.613. The van der Waals surface area contributed by atoms with Crippen molar-refractivity contribution in [2.45, 2.75) is 66.2 Å². The van der Waals surface area contributed by atoms with Crippen LogP contribution in [0.1, 0.15) is 89.9 Å². The van der Waals surface area contributed by atoms with Crippen LogP contribution in [0.5, 0.6) is 0 Å². The summed E-state index contributed by atoms with van der Waals surface area (Å²) in [4.78, 5) is 49.4. The number of aromatic nitrogens is 2. The fourth-order valence-corrected chi connectivity index (χ4v) is 9.31. The average Bonchev–Trinajstić information content (AvgIpc) is 4.08. The molecule has 4 aromatic heterocycles. The van der Waals surface area contributed by atoms with Crippen molar-refractivity contribution in [1.82, 2.24) is 9.13 Å². The third-order valence-corrected chi connectivity index (χ3v) is 12.4. The number of thiophene rings is 2. The summed E-state index contributed by atoms with van der Waals surface area (Å²) in [6, 6.07) is 31.7. The molecular formula is C47H42N4O6S2. The van der Waals surface area contributed by atoms with Crippen LogP contribution >= 0.6 is 22.7 Å². The summed E-state index contributed by atoms with van der Waals surface area (Å²) in [7, 11) is 0. The molecule has 8 rings (SSSR count). The number of hydrogen-bond acceptors (Lipinski definition) is 10. The predicted octanol–water partition coefficient (Wildman–Crippen LogP) is 10.8. The van der Waals surface area contributed by atoms with Crippen molar-refractivity contribution in [3.63, 3.8) is 0 Å². The Bertz CT molecular complexity index is 2940. The van der Waals surface area contributed by atoms with Crippen LogP contribution in [0.2, 0.25) is 0 Å². The Morgan fingerprint density at radius 2 is 1.10 bits per heavy atom. The molecule has 0 spiro atoms. The van der Waals surface area contributed by atoms with Crippen molar-refractivity contribution < 1.29 is 29.2 Å². The number of oxime groups is 2. The lowest BCUT2D eigenvalue weighted by Gasteiger charge is -2.10. The Morgan fingerprint density at radius 3 is 1.58 bits per heavy atom. The van der Waals surface area contributed by atoms with Crippen LogP contribution in [-0.2, 0) is 32.4 Å². The third-order valence-electron chi connectivity index (χ3n) is 10.6. The third kappa shape index (κ3) is 7.86. The number of aliphatic hydroxyl groups excluding tert-OH is 1. The van der Waals surface area contributed by atoms with Gasteiger partial charge in [0.25, 0.3) is 0 Å². The molecule has 0 saturated heterocycles. The van der Waals surface area contributed by atoms with E-state index in [9.17, 15) is 19.5 Å². The van der Waals surface area contributed by atoms with Crippen LogP contribution in [0, 0.1) is 0 Å². The molecule has 298 valence electrons. The van der Waals surface area contributed by atoms with Gasteiger partial charge in [-0.05, 0) is 116 Å². The number of fused-ring (bicyclic) bond motifs is 6. The second-order valence-electron chi connectivity index (χ2n) is 14.3. The first kappa shape index (κ1) is 39.6. The molecule has 0 radical (unpaired) electrons. The SMILES string of the molecule is CCn1c2ccc(C(=O)c3cccs3)cc2c2cc(/C(CCC/C(=N\OC(C)=O)c3ccc4c(c3)c3cc(C(O)c5cccs5)ccc3n4CC)=N/OC(C)=O)ccc21. The van der Waals surface area contributed by atoms with E-state index in [2.05, 4.69) is 57.6 Å². The van der Waals surface area contributed by atoms with Gasteiger partial charge in [-0.3, -0.25) is 4.79 Å².